The Kier molecular flexibility index (Phi) is 4.42. The van der Waals surface area contributed by atoms with Gasteiger partial charge in [0.2, 0.25) is 5.91 Å². The van der Waals surface area contributed by atoms with Crippen molar-refractivity contribution in [3.8, 4) is 0 Å². The normalized spacial score (nSPS) is 11.5. The molecule has 1 aromatic rings. The second kappa shape index (κ2) is 4.82. The van der Waals surface area contributed by atoms with Crippen molar-refractivity contribution >= 4 is 18.3 Å². The van der Waals surface area contributed by atoms with Gasteiger partial charge in [0.15, 0.2) is 0 Å². The summed E-state index contributed by atoms with van der Waals surface area (Å²) in [6.07, 6.45) is 0. The highest BCUT2D eigenvalue weighted by Gasteiger charge is 2.14. The maximum atomic E-state index is 13.0. The van der Waals surface area contributed by atoms with Crippen LogP contribution in [0.4, 0.5) is 4.39 Å². The van der Waals surface area contributed by atoms with E-state index < -0.39 is 11.8 Å². The van der Waals surface area contributed by atoms with Gasteiger partial charge in [-0.15, -0.1) is 12.4 Å². The highest BCUT2D eigenvalue weighted by molar-refractivity contribution is 5.85. The fourth-order valence-electron chi connectivity index (χ4n) is 0.980. The zero-order valence-corrected chi connectivity index (χ0v) is 7.98. The molecule has 0 radical (unpaired) electrons. The Balaban J connectivity index is 0.00000144. The Bertz CT molecular complexity index is 303. The molecule has 0 heterocycles. The van der Waals surface area contributed by atoms with E-state index in [-0.39, 0.29) is 18.2 Å². The van der Waals surface area contributed by atoms with Gasteiger partial charge in [-0.1, -0.05) is 18.2 Å². The molecule has 0 aliphatic heterocycles. The third-order valence-corrected chi connectivity index (χ3v) is 1.80. The highest BCUT2D eigenvalue weighted by atomic mass is 35.5. The fourth-order valence-corrected chi connectivity index (χ4v) is 0.980. The predicted octanol–water partition coefficient (Wildman–Crippen LogP) is 1.84. The van der Waals surface area contributed by atoms with E-state index in [9.17, 15) is 9.18 Å². The molecule has 1 aromatic carbocycles. The van der Waals surface area contributed by atoms with Gasteiger partial charge in [0.1, 0.15) is 5.82 Å². The summed E-state index contributed by atoms with van der Waals surface area (Å²) in [5.74, 6) is -1.46. The van der Waals surface area contributed by atoms with E-state index in [1.54, 1.807) is 25.1 Å². The summed E-state index contributed by atoms with van der Waals surface area (Å²) in [4.78, 5) is 10.7. The molecule has 0 saturated heterocycles. The van der Waals surface area contributed by atoms with Crippen LogP contribution in [0.5, 0.6) is 0 Å². The zero-order chi connectivity index (χ0) is 9.14. The number of benzene rings is 1. The lowest BCUT2D eigenvalue weighted by Gasteiger charge is -2.07. The smallest absolute Gasteiger partial charge is 0.224 e. The first-order chi connectivity index (χ1) is 5.63. The first-order valence-electron chi connectivity index (χ1n) is 3.66. The standard InChI is InChI=1S/C9H10FNO.ClH/c1-6(9(11)12)7-4-2-3-5-8(7)10;/h2-6H,1H3,(H2,11,12);1H. The molecule has 1 atom stereocenters. The number of hydrogen-bond acceptors (Lipinski definition) is 1. The highest BCUT2D eigenvalue weighted by Crippen LogP contribution is 2.17. The van der Waals surface area contributed by atoms with Gasteiger partial charge in [-0.25, -0.2) is 4.39 Å². The second-order valence-corrected chi connectivity index (χ2v) is 2.65. The van der Waals surface area contributed by atoms with Gasteiger partial charge in [0.05, 0.1) is 5.92 Å². The van der Waals surface area contributed by atoms with E-state index in [0.29, 0.717) is 5.56 Å². The minimum atomic E-state index is -0.564. The number of rotatable bonds is 2. The van der Waals surface area contributed by atoms with Crippen molar-refractivity contribution in [3.05, 3.63) is 35.6 Å². The molecule has 0 aliphatic carbocycles. The number of halogens is 2. The third kappa shape index (κ3) is 2.70. The van der Waals surface area contributed by atoms with Gasteiger partial charge in [-0.2, -0.15) is 0 Å². The van der Waals surface area contributed by atoms with Crippen LogP contribution >= 0.6 is 12.4 Å². The van der Waals surface area contributed by atoms with Crippen molar-refractivity contribution in [2.75, 3.05) is 0 Å². The average molecular weight is 204 g/mol. The Labute approximate surface area is 82.3 Å². The van der Waals surface area contributed by atoms with Crippen LogP contribution in [0.15, 0.2) is 24.3 Å². The Morgan fingerprint density at radius 3 is 2.46 bits per heavy atom. The molecule has 2 N–H and O–H groups in total. The molecule has 1 amide bonds. The van der Waals surface area contributed by atoms with Crippen LogP contribution < -0.4 is 5.73 Å². The number of primary amides is 1. The molecule has 0 saturated carbocycles. The molecule has 0 aliphatic rings. The molecule has 0 fully saturated rings. The third-order valence-electron chi connectivity index (χ3n) is 1.80. The summed E-state index contributed by atoms with van der Waals surface area (Å²) in [7, 11) is 0. The van der Waals surface area contributed by atoms with Gasteiger partial charge in [0.25, 0.3) is 0 Å². The molecule has 0 bridgehead atoms. The van der Waals surface area contributed by atoms with Crippen molar-refractivity contribution in [3.63, 3.8) is 0 Å². The molecule has 13 heavy (non-hydrogen) atoms. The van der Waals surface area contributed by atoms with Gasteiger partial charge in [0, 0.05) is 0 Å². The maximum absolute atomic E-state index is 13.0. The average Bonchev–Trinajstić information content (AvgIpc) is 2.04. The Morgan fingerprint density at radius 1 is 1.46 bits per heavy atom. The summed E-state index contributed by atoms with van der Waals surface area (Å²) >= 11 is 0. The summed E-state index contributed by atoms with van der Waals surface area (Å²) in [6, 6.07) is 6.13. The van der Waals surface area contributed by atoms with E-state index in [4.69, 9.17) is 5.73 Å². The van der Waals surface area contributed by atoms with E-state index in [1.165, 1.54) is 6.07 Å². The zero-order valence-electron chi connectivity index (χ0n) is 7.16. The summed E-state index contributed by atoms with van der Waals surface area (Å²) in [5, 5.41) is 0. The van der Waals surface area contributed by atoms with Gasteiger partial charge < -0.3 is 5.73 Å². The molecular weight excluding hydrogens is 193 g/mol. The van der Waals surface area contributed by atoms with Crippen LogP contribution in [0.1, 0.15) is 18.4 Å². The second-order valence-electron chi connectivity index (χ2n) is 2.65. The fraction of sp³-hybridized carbons (Fsp3) is 0.222. The summed E-state index contributed by atoms with van der Waals surface area (Å²) in [6.45, 7) is 1.58. The Morgan fingerprint density at radius 2 is 2.00 bits per heavy atom. The lowest BCUT2D eigenvalue weighted by Crippen LogP contribution is -2.19. The van der Waals surface area contributed by atoms with Crippen LogP contribution in [-0.4, -0.2) is 5.91 Å². The van der Waals surface area contributed by atoms with Gasteiger partial charge in [-0.05, 0) is 18.6 Å². The van der Waals surface area contributed by atoms with Crippen LogP contribution in [0.3, 0.4) is 0 Å². The monoisotopic (exact) mass is 203 g/mol. The minimum absolute atomic E-state index is 0. The molecule has 72 valence electrons. The molecule has 1 unspecified atom stereocenters. The molecule has 2 nitrogen and oxygen atoms in total. The van der Waals surface area contributed by atoms with Crippen molar-refractivity contribution < 1.29 is 9.18 Å². The molecule has 4 heteroatoms. The van der Waals surface area contributed by atoms with Crippen molar-refractivity contribution in [2.45, 2.75) is 12.8 Å². The van der Waals surface area contributed by atoms with E-state index in [2.05, 4.69) is 0 Å². The lowest BCUT2D eigenvalue weighted by atomic mass is 10.0. The van der Waals surface area contributed by atoms with Crippen LogP contribution in [0, 0.1) is 5.82 Å². The van der Waals surface area contributed by atoms with Crippen LogP contribution in [0.25, 0.3) is 0 Å². The van der Waals surface area contributed by atoms with E-state index in [1.807, 2.05) is 0 Å². The van der Waals surface area contributed by atoms with Crippen LogP contribution in [-0.2, 0) is 4.79 Å². The molecule has 1 rings (SSSR count). The largest absolute Gasteiger partial charge is 0.369 e. The van der Waals surface area contributed by atoms with E-state index in [0.717, 1.165) is 0 Å². The molecule has 0 spiro atoms. The van der Waals surface area contributed by atoms with Crippen molar-refractivity contribution in [2.24, 2.45) is 5.73 Å². The van der Waals surface area contributed by atoms with Crippen molar-refractivity contribution in [1.29, 1.82) is 0 Å². The summed E-state index contributed by atoms with van der Waals surface area (Å²) in [5.41, 5.74) is 5.38. The van der Waals surface area contributed by atoms with Crippen molar-refractivity contribution in [1.82, 2.24) is 0 Å². The Hall–Kier alpha value is -1.09. The summed E-state index contributed by atoms with van der Waals surface area (Å²) < 4.78 is 13.0. The SMILES string of the molecule is CC(C(N)=O)c1ccccc1F.Cl. The van der Waals surface area contributed by atoms with E-state index >= 15 is 0 Å². The molecule has 0 aromatic heterocycles. The first-order valence-corrected chi connectivity index (χ1v) is 3.66. The number of amides is 1. The quantitative estimate of drug-likeness (QED) is 0.783. The number of carbonyl (C=O) groups is 1. The minimum Gasteiger partial charge on any atom is -0.369 e. The first kappa shape index (κ1) is 11.9. The van der Waals surface area contributed by atoms with Gasteiger partial charge >= 0.3 is 0 Å². The van der Waals surface area contributed by atoms with Crippen LogP contribution in [0.2, 0.25) is 0 Å². The number of nitrogens with two attached hydrogens (primary N) is 1. The van der Waals surface area contributed by atoms with Gasteiger partial charge in [-0.3, -0.25) is 4.79 Å². The number of carbonyl (C=O) groups excluding carboxylic acids is 1. The maximum Gasteiger partial charge on any atom is 0.224 e. The number of hydrogen-bond donors (Lipinski definition) is 1. The topological polar surface area (TPSA) is 43.1 Å². The molecular formula is C9H11ClFNO. The lowest BCUT2D eigenvalue weighted by molar-refractivity contribution is -0.119. The predicted molar refractivity (Wildman–Crippen MR) is 51.3 cm³/mol.